The van der Waals surface area contributed by atoms with Crippen LogP contribution in [0.5, 0.6) is 0 Å². The Kier molecular flexibility index (Phi) is 6.47. The van der Waals surface area contributed by atoms with Crippen LogP contribution in [0, 0.1) is 0 Å². The Labute approximate surface area is 137 Å². The topological polar surface area (TPSA) is 17.1 Å². The Morgan fingerprint density at radius 2 is 1.68 bits per heavy atom. The maximum atomic E-state index is 12.2. The van der Waals surface area contributed by atoms with Gasteiger partial charge in [-0.25, -0.2) is 0 Å². The van der Waals surface area contributed by atoms with E-state index in [-0.39, 0.29) is 5.78 Å². The molecule has 2 heteroatoms. The van der Waals surface area contributed by atoms with Crippen LogP contribution in [-0.2, 0) is 6.42 Å². The molecule has 0 aliphatic rings. The van der Waals surface area contributed by atoms with E-state index >= 15 is 0 Å². The molecular formula is C20H22OS. The molecule has 0 heterocycles. The molecule has 22 heavy (non-hydrogen) atoms. The molecule has 0 radical (unpaired) electrons. The van der Waals surface area contributed by atoms with E-state index in [1.807, 2.05) is 30.3 Å². The number of thioether (sulfide) groups is 1. The Morgan fingerprint density at radius 3 is 2.27 bits per heavy atom. The third kappa shape index (κ3) is 4.88. The lowest BCUT2D eigenvalue weighted by Gasteiger charge is -2.01. The fourth-order valence-electron chi connectivity index (χ4n) is 2.23. The van der Waals surface area contributed by atoms with Gasteiger partial charge in [-0.1, -0.05) is 50.6 Å². The van der Waals surface area contributed by atoms with E-state index in [1.54, 1.807) is 17.8 Å². The lowest BCUT2D eigenvalue weighted by molar-refractivity contribution is 0.104. The van der Waals surface area contributed by atoms with Gasteiger partial charge < -0.3 is 0 Å². The summed E-state index contributed by atoms with van der Waals surface area (Å²) in [4.78, 5) is 13.4. The Bertz CT molecular complexity index is 624. The molecule has 0 aliphatic heterocycles. The predicted octanol–water partition coefficient (Wildman–Crippen LogP) is 5.65. The minimum absolute atomic E-state index is 0.0469. The third-order valence-electron chi connectivity index (χ3n) is 3.40. The number of benzene rings is 2. The summed E-state index contributed by atoms with van der Waals surface area (Å²) in [6, 6.07) is 16.2. The average Bonchev–Trinajstić information content (AvgIpc) is 2.55. The summed E-state index contributed by atoms with van der Waals surface area (Å²) in [6.07, 6.45) is 5.79. The van der Waals surface area contributed by atoms with Crippen molar-refractivity contribution in [3.8, 4) is 0 Å². The van der Waals surface area contributed by atoms with Gasteiger partial charge >= 0.3 is 0 Å². The number of allylic oxidation sites excluding steroid dienone is 1. The monoisotopic (exact) mass is 310 g/mol. The second kappa shape index (κ2) is 8.60. The summed E-state index contributed by atoms with van der Waals surface area (Å²) >= 11 is 1.78. The molecule has 0 fully saturated rings. The first kappa shape index (κ1) is 16.6. The van der Waals surface area contributed by atoms with Crippen LogP contribution in [0.15, 0.2) is 59.5 Å². The highest BCUT2D eigenvalue weighted by Gasteiger charge is 2.01. The molecular weight excluding hydrogens is 288 g/mol. The van der Waals surface area contributed by atoms with Gasteiger partial charge in [0, 0.05) is 10.5 Å². The van der Waals surface area contributed by atoms with E-state index in [4.69, 9.17) is 0 Å². The van der Waals surface area contributed by atoms with Crippen molar-refractivity contribution in [3.63, 3.8) is 0 Å². The van der Waals surface area contributed by atoms with Crippen LogP contribution in [0.4, 0.5) is 0 Å². The number of hydrogen-bond donors (Lipinski definition) is 0. The number of carbonyl (C=O) groups is 1. The van der Waals surface area contributed by atoms with E-state index in [1.165, 1.54) is 10.5 Å². The van der Waals surface area contributed by atoms with Crippen molar-refractivity contribution in [2.24, 2.45) is 0 Å². The fourth-order valence-corrected chi connectivity index (χ4v) is 2.90. The number of carbonyl (C=O) groups excluding carboxylic acids is 1. The SMILES string of the molecule is CCCc1ccc(C=CC(=O)c2ccc(SCC)cc2)cc1. The second-order valence-electron chi connectivity index (χ2n) is 5.15. The molecule has 0 bridgehead atoms. The van der Waals surface area contributed by atoms with Gasteiger partial charge in [0.05, 0.1) is 0 Å². The van der Waals surface area contributed by atoms with Gasteiger partial charge in [0.15, 0.2) is 5.78 Å². The third-order valence-corrected chi connectivity index (χ3v) is 4.29. The normalized spacial score (nSPS) is 11.0. The number of aryl methyl sites for hydroxylation is 1. The van der Waals surface area contributed by atoms with Crippen molar-refractivity contribution in [1.29, 1.82) is 0 Å². The molecule has 0 saturated carbocycles. The molecule has 0 spiro atoms. The highest BCUT2D eigenvalue weighted by atomic mass is 32.2. The van der Waals surface area contributed by atoms with Gasteiger partial charge in [0.2, 0.25) is 0 Å². The van der Waals surface area contributed by atoms with Gasteiger partial charge in [0.25, 0.3) is 0 Å². The van der Waals surface area contributed by atoms with Crippen LogP contribution in [-0.4, -0.2) is 11.5 Å². The first-order valence-electron chi connectivity index (χ1n) is 7.77. The molecule has 114 valence electrons. The number of rotatable bonds is 7. The van der Waals surface area contributed by atoms with Crippen LogP contribution in [0.1, 0.15) is 41.8 Å². The number of ketones is 1. The largest absolute Gasteiger partial charge is 0.289 e. The zero-order valence-corrected chi connectivity index (χ0v) is 14.0. The minimum atomic E-state index is 0.0469. The summed E-state index contributed by atoms with van der Waals surface area (Å²) < 4.78 is 0. The molecule has 0 amide bonds. The summed E-state index contributed by atoms with van der Waals surface area (Å²) in [5.74, 6) is 1.09. The molecule has 0 unspecified atom stereocenters. The van der Waals surface area contributed by atoms with Gasteiger partial charge in [0.1, 0.15) is 0 Å². The molecule has 1 nitrogen and oxygen atoms in total. The van der Waals surface area contributed by atoms with Crippen LogP contribution in [0.25, 0.3) is 6.08 Å². The molecule has 0 atom stereocenters. The minimum Gasteiger partial charge on any atom is -0.289 e. The first-order chi connectivity index (χ1) is 10.7. The van der Waals surface area contributed by atoms with E-state index in [2.05, 4.69) is 38.1 Å². The fraction of sp³-hybridized carbons (Fsp3) is 0.250. The molecule has 0 aliphatic carbocycles. The Hall–Kier alpha value is -1.80. The van der Waals surface area contributed by atoms with Crippen molar-refractivity contribution in [3.05, 3.63) is 71.3 Å². The van der Waals surface area contributed by atoms with Crippen molar-refractivity contribution in [2.45, 2.75) is 31.6 Å². The van der Waals surface area contributed by atoms with Crippen LogP contribution in [0.3, 0.4) is 0 Å². The van der Waals surface area contributed by atoms with Crippen molar-refractivity contribution < 1.29 is 4.79 Å². The van der Waals surface area contributed by atoms with E-state index < -0.39 is 0 Å². The summed E-state index contributed by atoms with van der Waals surface area (Å²) in [5, 5.41) is 0. The average molecular weight is 310 g/mol. The lowest BCUT2D eigenvalue weighted by atomic mass is 10.1. The zero-order valence-electron chi connectivity index (χ0n) is 13.2. The molecule has 2 rings (SSSR count). The molecule has 0 N–H and O–H groups in total. The van der Waals surface area contributed by atoms with Gasteiger partial charge in [-0.15, -0.1) is 11.8 Å². The number of hydrogen-bond acceptors (Lipinski definition) is 2. The highest BCUT2D eigenvalue weighted by Crippen LogP contribution is 2.18. The molecule has 2 aromatic rings. The van der Waals surface area contributed by atoms with Crippen LogP contribution in [0.2, 0.25) is 0 Å². The lowest BCUT2D eigenvalue weighted by Crippen LogP contribution is -1.93. The molecule has 0 aromatic heterocycles. The molecule has 0 saturated heterocycles. The summed E-state index contributed by atoms with van der Waals surface area (Å²) in [7, 11) is 0. The summed E-state index contributed by atoms with van der Waals surface area (Å²) in [5.41, 5.74) is 3.14. The van der Waals surface area contributed by atoms with Gasteiger partial charge in [-0.05, 0) is 53.6 Å². The first-order valence-corrected chi connectivity index (χ1v) is 8.75. The van der Waals surface area contributed by atoms with Gasteiger partial charge in [-0.2, -0.15) is 0 Å². The van der Waals surface area contributed by atoms with E-state index in [0.29, 0.717) is 0 Å². The maximum absolute atomic E-state index is 12.2. The van der Waals surface area contributed by atoms with Crippen molar-refractivity contribution >= 4 is 23.6 Å². The van der Waals surface area contributed by atoms with Crippen molar-refractivity contribution in [1.82, 2.24) is 0 Å². The quantitative estimate of drug-likeness (QED) is 0.373. The highest BCUT2D eigenvalue weighted by molar-refractivity contribution is 7.99. The Balaban J connectivity index is 2.00. The smallest absolute Gasteiger partial charge is 0.185 e. The van der Waals surface area contributed by atoms with Crippen LogP contribution < -0.4 is 0 Å². The summed E-state index contributed by atoms with van der Waals surface area (Å²) in [6.45, 7) is 4.30. The van der Waals surface area contributed by atoms with Crippen LogP contribution >= 0.6 is 11.8 Å². The van der Waals surface area contributed by atoms with Gasteiger partial charge in [-0.3, -0.25) is 4.79 Å². The zero-order chi connectivity index (χ0) is 15.8. The second-order valence-corrected chi connectivity index (χ2v) is 6.48. The van der Waals surface area contributed by atoms with E-state index in [0.717, 1.165) is 29.7 Å². The van der Waals surface area contributed by atoms with E-state index in [9.17, 15) is 4.79 Å². The maximum Gasteiger partial charge on any atom is 0.185 e. The molecule has 2 aromatic carbocycles. The standard InChI is InChI=1S/C20H22OS/c1-3-5-16-6-8-17(9-7-16)10-15-20(21)18-11-13-19(14-12-18)22-4-2/h6-15H,3-5H2,1-2H3. The predicted molar refractivity (Wildman–Crippen MR) is 96.6 cm³/mol. The Morgan fingerprint density at radius 1 is 1.00 bits per heavy atom. The van der Waals surface area contributed by atoms with Crippen molar-refractivity contribution in [2.75, 3.05) is 5.75 Å².